The quantitative estimate of drug-likeness (QED) is 0.842. The van der Waals surface area contributed by atoms with Crippen LogP contribution < -0.4 is 5.32 Å². The van der Waals surface area contributed by atoms with E-state index in [1.807, 2.05) is 6.07 Å². The van der Waals surface area contributed by atoms with Gasteiger partial charge in [0.1, 0.15) is 0 Å². The Labute approximate surface area is 101 Å². The molecule has 1 aromatic rings. The highest BCUT2D eigenvalue weighted by molar-refractivity contribution is 5.92. The lowest BCUT2D eigenvalue weighted by Gasteiger charge is -2.19. The predicted molar refractivity (Wildman–Crippen MR) is 65.5 cm³/mol. The number of anilines is 1. The zero-order valence-corrected chi connectivity index (χ0v) is 10.2. The van der Waals surface area contributed by atoms with Gasteiger partial charge in [-0.2, -0.15) is 5.10 Å². The lowest BCUT2D eigenvalue weighted by atomic mass is 9.88. The second kappa shape index (κ2) is 4.17. The molecule has 92 valence electrons. The Bertz CT molecular complexity index is 426. The number of nitrogens with zero attached hydrogens (tertiary/aromatic N) is 1. The van der Waals surface area contributed by atoms with Crippen molar-refractivity contribution in [1.82, 2.24) is 10.2 Å². The van der Waals surface area contributed by atoms with Gasteiger partial charge in [-0.1, -0.05) is 13.3 Å². The number of rotatable bonds is 3. The molecule has 0 aliphatic heterocycles. The molecule has 2 saturated carbocycles. The van der Waals surface area contributed by atoms with Gasteiger partial charge in [-0.3, -0.25) is 9.89 Å². The van der Waals surface area contributed by atoms with Crippen molar-refractivity contribution in [2.75, 3.05) is 5.32 Å². The molecule has 1 heterocycles. The Morgan fingerprint density at radius 3 is 3.00 bits per heavy atom. The van der Waals surface area contributed by atoms with Gasteiger partial charge in [-0.15, -0.1) is 0 Å². The number of aryl methyl sites for hydroxylation is 1. The van der Waals surface area contributed by atoms with Crippen LogP contribution in [0.2, 0.25) is 0 Å². The number of aromatic amines is 1. The summed E-state index contributed by atoms with van der Waals surface area (Å²) in [6.45, 7) is 2.06. The van der Waals surface area contributed by atoms with Crippen LogP contribution in [0.5, 0.6) is 0 Å². The smallest absolute Gasteiger partial charge is 0.228 e. The van der Waals surface area contributed by atoms with Gasteiger partial charge in [0.2, 0.25) is 5.91 Å². The monoisotopic (exact) mass is 233 g/mol. The molecule has 1 amide bonds. The Morgan fingerprint density at radius 1 is 1.53 bits per heavy atom. The summed E-state index contributed by atoms with van der Waals surface area (Å²) in [4.78, 5) is 12.1. The number of hydrogen-bond donors (Lipinski definition) is 2. The van der Waals surface area contributed by atoms with Crippen LogP contribution in [0.1, 0.15) is 38.3 Å². The van der Waals surface area contributed by atoms with E-state index < -0.39 is 0 Å². The van der Waals surface area contributed by atoms with Crippen molar-refractivity contribution in [2.45, 2.75) is 39.0 Å². The zero-order valence-electron chi connectivity index (χ0n) is 10.2. The summed E-state index contributed by atoms with van der Waals surface area (Å²) in [5, 5.41) is 9.97. The van der Waals surface area contributed by atoms with E-state index in [0.717, 1.165) is 24.5 Å². The van der Waals surface area contributed by atoms with Crippen LogP contribution in [0, 0.1) is 17.8 Å². The Balaban J connectivity index is 1.63. The van der Waals surface area contributed by atoms with Gasteiger partial charge in [-0.25, -0.2) is 0 Å². The van der Waals surface area contributed by atoms with Gasteiger partial charge >= 0.3 is 0 Å². The molecule has 2 fully saturated rings. The maximum Gasteiger partial charge on any atom is 0.228 e. The first-order chi connectivity index (χ1) is 8.26. The number of fused-ring (bicyclic) bond motifs is 2. The Hall–Kier alpha value is -1.32. The average Bonchev–Trinajstić information content (AvgIpc) is 3.04. The summed E-state index contributed by atoms with van der Waals surface area (Å²) in [6.07, 6.45) is 5.83. The van der Waals surface area contributed by atoms with E-state index in [1.54, 1.807) is 0 Å². The molecule has 4 nitrogen and oxygen atoms in total. The minimum absolute atomic E-state index is 0.173. The third-order valence-corrected chi connectivity index (χ3v) is 4.34. The first-order valence-corrected chi connectivity index (χ1v) is 6.61. The Kier molecular flexibility index (Phi) is 2.65. The van der Waals surface area contributed by atoms with Crippen LogP contribution in [0.25, 0.3) is 0 Å². The fourth-order valence-corrected chi connectivity index (χ4v) is 3.39. The number of amides is 1. The molecule has 4 heteroatoms. The first kappa shape index (κ1) is 10.8. The van der Waals surface area contributed by atoms with Crippen LogP contribution in [0.3, 0.4) is 0 Å². The predicted octanol–water partition coefficient (Wildman–Crippen LogP) is 2.35. The van der Waals surface area contributed by atoms with E-state index in [2.05, 4.69) is 22.4 Å². The molecule has 0 saturated heterocycles. The van der Waals surface area contributed by atoms with Crippen molar-refractivity contribution in [2.24, 2.45) is 17.8 Å². The second-order valence-electron chi connectivity index (χ2n) is 5.40. The number of carbonyl (C=O) groups is 1. The molecule has 2 N–H and O–H groups in total. The molecule has 2 aliphatic carbocycles. The van der Waals surface area contributed by atoms with Crippen LogP contribution in [-0.4, -0.2) is 16.1 Å². The highest BCUT2D eigenvalue weighted by Crippen LogP contribution is 2.48. The fraction of sp³-hybridized carbons (Fsp3) is 0.692. The highest BCUT2D eigenvalue weighted by Gasteiger charge is 2.43. The standard InChI is InChI=1S/C13H19N3O/c1-2-10-7-12(16-15-10)14-13(17)11-6-8-3-4-9(11)5-8/h7-9,11H,2-6H2,1H3,(H2,14,15,16,17). The van der Waals surface area contributed by atoms with E-state index in [-0.39, 0.29) is 11.8 Å². The van der Waals surface area contributed by atoms with Gasteiger partial charge in [0, 0.05) is 17.7 Å². The highest BCUT2D eigenvalue weighted by atomic mass is 16.2. The molecule has 3 unspecified atom stereocenters. The van der Waals surface area contributed by atoms with Crippen LogP contribution in [-0.2, 0) is 11.2 Å². The molecule has 2 bridgehead atoms. The topological polar surface area (TPSA) is 57.8 Å². The van der Waals surface area contributed by atoms with Gasteiger partial charge in [0.05, 0.1) is 0 Å². The molecular weight excluding hydrogens is 214 g/mol. The molecule has 0 aromatic carbocycles. The summed E-state index contributed by atoms with van der Waals surface area (Å²) in [6, 6.07) is 1.92. The van der Waals surface area contributed by atoms with E-state index in [0.29, 0.717) is 11.7 Å². The minimum Gasteiger partial charge on any atom is -0.309 e. The molecular formula is C13H19N3O. The van der Waals surface area contributed by atoms with Crippen molar-refractivity contribution in [1.29, 1.82) is 0 Å². The summed E-state index contributed by atoms with van der Waals surface area (Å²) >= 11 is 0. The third-order valence-electron chi connectivity index (χ3n) is 4.34. The number of H-pyrrole nitrogens is 1. The third kappa shape index (κ3) is 1.96. The maximum absolute atomic E-state index is 12.1. The lowest BCUT2D eigenvalue weighted by molar-refractivity contribution is -0.121. The van der Waals surface area contributed by atoms with Crippen molar-refractivity contribution < 1.29 is 4.79 Å². The van der Waals surface area contributed by atoms with E-state index in [4.69, 9.17) is 0 Å². The molecule has 17 heavy (non-hydrogen) atoms. The van der Waals surface area contributed by atoms with Gasteiger partial charge in [0.15, 0.2) is 5.82 Å². The summed E-state index contributed by atoms with van der Waals surface area (Å²) in [5.41, 5.74) is 1.06. The van der Waals surface area contributed by atoms with Gasteiger partial charge < -0.3 is 5.32 Å². The number of carbonyl (C=O) groups excluding carboxylic acids is 1. The minimum atomic E-state index is 0.173. The maximum atomic E-state index is 12.1. The second-order valence-corrected chi connectivity index (χ2v) is 5.40. The molecule has 0 radical (unpaired) electrons. The summed E-state index contributed by atoms with van der Waals surface area (Å²) in [5.74, 6) is 2.52. The number of nitrogens with one attached hydrogen (secondary N) is 2. The van der Waals surface area contributed by atoms with Crippen LogP contribution >= 0.6 is 0 Å². The van der Waals surface area contributed by atoms with E-state index in [9.17, 15) is 4.79 Å². The number of aromatic nitrogens is 2. The summed E-state index contributed by atoms with van der Waals surface area (Å²) in [7, 11) is 0. The van der Waals surface area contributed by atoms with Crippen molar-refractivity contribution in [3.05, 3.63) is 11.8 Å². The van der Waals surface area contributed by atoms with Crippen LogP contribution in [0.15, 0.2) is 6.07 Å². The molecule has 3 rings (SSSR count). The molecule has 3 atom stereocenters. The Morgan fingerprint density at radius 2 is 2.41 bits per heavy atom. The SMILES string of the molecule is CCc1cc(NC(=O)C2CC3CCC2C3)n[nH]1. The normalized spacial score (nSPS) is 30.8. The van der Waals surface area contributed by atoms with Crippen molar-refractivity contribution >= 4 is 11.7 Å². The van der Waals surface area contributed by atoms with E-state index in [1.165, 1.54) is 19.3 Å². The molecule has 2 aliphatic rings. The van der Waals surface area contributed by atoms with Crippen molar-refractivity contribution in [3.63, 3.8) is 0 Å². The molecule has 1 aromatic heterocycles. The summed E-state index contributed by atoms with van der Waals surface area (Å²) < 4.78 is 0. The first-order valence-electron chi connectivity index (χ1n) is 6.61. The zero-order chi connectivity index (χ0) is 11.8. The van der Waals surface area contributed by atoms with Gasteiger partial charge in [-0.05, 0) is 37.5 Å². The lowest BCUT2D eigenvalue weighted by Crippen LogP contribution is -2.27. The largest absolute Gasteiger partial charge is 0.309 e. The average molecular weight is 233 g/mol. The van der Waals surface area contributed by atoms with Crippen molar-refractivity contribution in [3.8, 4) is 0 Å². The van der Waals surface area contributed by atoms with E-state index >= 15 is 0 Å². The van der Waals surface area contributed by atoms with Gasteiger partial charge in [0.25, 0.3) is 0 Å². The number of hydrogen-bond acceptors (Lipinski definition) is 2. The molecule has 0 spiro atoms. The van der Waals surface area contributed by atoms with Crippen LogP contribution in [0.4, 0.5) is 5.82 Å². The fourth-order valence-electron chi connectivity index (χ4n) is 3.39.